The molecular formula is C23H33Cl2N3O2. The van der Waals surface area contributed by atoms with Gasteiger partial charge in [-0.1, -0.05) is 60.7 Å². The van der Waals surface area contributed by atoms with Crippen molar-refractivity contribution in [3.8, 4) is 0 Å². The Labute approximate surface area is 191 Å². The summed E-state index contributed by atoms with van der Waals surface area (Å²) in [5, 5.41) is 13.4. The summed E-state index contributed by atoms with van der Waals surface area (Å²) in [6, 6.07) is 19.3. The number of rotatable bonds is 7. The largest absolute Gasteiger partial charge is 0.387 e. The number of halogens is 2. The van der Waals surface area contributed by atoms with E-state index < -0.39 is 11.6 Å². The number of nitrogens with one attached hydrogen (secondary N) is 1. The number of β-amino-alcohol motifs (C(OH)–C–C–N with tert-alkyl or cyclic N) is 1. The molecule has 0 radical (unpaired) electrons. The second-order valence-electron chi connectivity index (χ2n) is 7.95. The van der Waals surface area contributed by atoms with Gasteiger partial charge in [0.05, 0.1) is 6.10 Å². The van der Waals surface area contributed by atoms with E-state index in [2.05, 4.69) is 10.2 Å². The number of benzene rings is 2. The summed E-state index contributed by atoms with van der Waals surface area (Å²) in [4.78, 5) is 14.9. The first-order valence-corrected chi connectivity index (χ1v) is 10.0. The van der Waals surface area contributed by atoms with Crippen molar-refractivity contribution in [2.75, 3.05) is 26.2 Å². The van der Waals surface area contributed by atoms with Gasteiger partial charge in [-0.2, -0.15) is 0 Å². The molecule has 1 saturated heterocycles. The standard InChI is InChI=1S/C23H31N3O2.2ClH/c1-23(24,20-10-6-3-7-11-20)22(28)25-16-18-12-14-26(15-13-18)17-21(27)19-8-4-2-5-9-19;;/h2-11,18,21,27H,12-17,24H2,1H3,(H,25,28);2*1H. The van der Waals surface area contributed by atoms with Crippen molar-refractivity contribution in [1.82, 2.24) is 10.2 Å². The molecule has 0 bridgehead atoms. The second-order valence-corrected chi connectivity index (χ2v) is 7.95. The minimum Gasteiger partial charge on any atom is -0.387 e. The molecule has 1 heterocycles. The molecule has 5 nitrogen and oxygen atoms in total. The molecule has 3 rings (SSSR count). The van der Waals surface area contributed by atoms with Gasteiger partial charge in [-0.15, -0.1) is 24.8 Å². The number of nitrogens with zero attached hydrogens (tertiary/aromatic N) is 1. The maximum absolute atomic E-state index is 12.6. The summed E-state index contributed by atoms with van der Waals surface area (Å²) >= 11 is 0. The lowest BCUT2D eigenvalue weighted by Gasteiger charge is -2.34. The number of piperidine rings is 1. The number of nitrogens with two attached hydrogens (primary N) is 1. The lowest BCUT2D eigenvalue weighted by atomic mass is 9.91. The quantitative estimate of drug-likeness (QED) is 0.600. The minimum atomic E-state index is -1.03. The summed E-state index contributed by atoms with van der Waals surface area (Å²) in [7, 11) is 0. The molecule has 166 valence electrons. The predicted molar refractivity (Wildman–Crippen MR) is 126 cm³/mol. The van der Waals surface area contributed by atoms with E-state index in [1.165, 1.54) is 0 Å². The van der Waals surface area contributed by atoms with Gasteiger partial charge in [0, 0.05) is 13.1 Å². The summed E-state index contributed by atoms with van der Waals surface area (Å²) < 4.78 is 0. The third-order valence-corrected chi connectivity index (χ3v) is 5.72. The molecule has 2 unspecified atom stereocenters. The average molecular weight is 454 g/mol. The molecule has 2 aromatic carbocycles. The molecular weight excluding hydrogens is 421 g/mol. The van der Waals surface area contributed by atoms with E-state index in [0.29, 0.717) is 19.0 Å². The highest BCUT2D eigenvalue weighted by Gasteiger charge is 2.31. The Morgan fingerprint density at radius 1 is 1.10 bits per heavy atom. The van der Waals surface area contributed by atoms with Gasteiger partial charge < -0.3 is 21.1 Å². The number of carbonyl (C=O) groups is 1. The summed E-state index contributed by atoms with van der Waals surface area (Å²) in [6.45, 7) is 4.92. The minimum absolute atomic E-state index is 0. The predicted octanol–water partition coefficient (Wildman–Crippen LogP) is 3.27. The molecule has 0 saturated carbocycles. The fourth-order valence-electron chi connectivity index (χ4n) is 3.73. The Morgan fingerprint density at radius 2 is 1.63 bits per heavy atom. The molecule has 0 spiro atoms. The summed E-state index contributed by atoms with van der Waals surface area (Å²) in [5.74, 6) is 0.307. The van der Waals surface area contributed by atoms with E-state index in [1.807, 2.05) is 60.7 Å². The van der Waals surface area contributed by atoms with Crippen LogP contribution in [0.25, 0.3) is 0 Å². The fraction of sp³-hybridized carbons (Fsp3) is 0.435. The number of hydrogen-bond acceptors (Lipinski definition) is 4. The zero-order valence-electron chi connectivity index (χ0n) is 17.4. The second kappa shape index (κ2) is 12.3. The van der Waals surface area contributed by atoms with Crippen molar-refractivity contribution >= 4 is 30.7 Å². The zero-order valence-corrected chi connectivity index (χ0v) is 19.0. The van der Waals surface area contributed by atoms with Crippen LogP contribution in [0.4, 0.5) is 0 Å². The fourth-order valence-corrected chi connectivity index (χ4v) is 3.73. The molecule has 1 fully saturated rings. The monoisotopic (exact) mass is 453 g/mol. The first-order valence-electron chi connectivity index (χ1n) is 10.0. The zero-order chi connectivity index (χ0) is 20.0. The molecule has 0 aromatic heterocycles. The van der Waals surface area contributed by atoms with Crippen LogP contribution < -0.4 is 11.1 Å². The molecule has 1 aliphatic rings. The first kappa shape index (κ1) is 26.4. The Morgan fingerprint density at radius 3 is 2.20 bits per heavy atom. The molecule has 30 heavy (non-hydrogen) atoms. The van der Waals surface area contributed by atoms with Crippen molar-refractivity contribution in [1.29, 1.82) is 0 Å². The number of amides is 1. The van der Waals surface area contributed by atoms with Gasteiger partial charge in [0.15, 0.2) is 0 Å². The van der Waals surface area contributed by atoms with Crippen molar-refractivity contribution in [2.24, 2.45) is 11.7 Å². The number of carbonyl (C=O) groups excluding carboxylic acids is 1. The summed E-state index contributed by atoms with van der Waals surface area (Å²) in [6.07, 6.45) is 1.56. The molecule has 2 atom stereocenters. The molecule has 7 heteroatoms. The molecule has 0 aliphatic carbocycles. The topological polar surface area (TPSA) is 78.6 Å². The van der Waals surface area contributed by atoms with Crippen molar-refractivity contribution in [3.63, 3.8) is 0 Å². The lowest BCUT2D eigenvalue weighted by molar-refractivity contribution is -0.126. The number of hydrogen-bond donors (Lipinski definition) is 3. The van der Waals surface area contributed by atoms with Gasteiger partial charge in [-0.05, 0) is 49.9 Å². The van der Waals surface area contributed by atoms with Gasteiger partial charge in [0.1, 0.15) is 5.54 Å². The van der Waals surface area contributed by atoms with E-state index in [-0.39, 0.29) is 30.7 Å². The highest BCUT2D eigenvalue weighted by atomic mass is 35.5. The molecule has 2 aromatic rings. The van der Waals surface area contributed by atoms with Gasteiger partial charge in [-0.3, -0.25) is 4.79 Å². The van der Waals surface area contributed by atoms with Gasteiger partial charge >= 0.3 is 0 Å². The third-order valence-electron chi connectivity index (χ3n) is 5.72. The van der Waals surface area contributed by atoms with Crippen LogP contribution in [0.5, 0.6) is 0 Å². The molecule has 1 aliphatic heterocycles. The van der Waals surface area contributed by atoms with Crippen LogP contribution in [0.1, 0.15) is 37.0 Å². The number of aliphatic hydroxyl groups is 1. The van der Waals surface area contributed by atoms with E-state index in [4.69, 9.17) is 5.73 Å². The maximum Gasteiger partial charge on any atom is 0.244 e. The van der Waals surface area contributed by atoms with Gasteiger partial charge in [0.25, 0.3) is 0 Å². The Bertz CT molecular complexity index is 752. The molecule has 4 N–H and O–H groups in total. The lowest BCUT2D eigenvalue weighted by Crippen LogP contribution is -2.50. The van der Waals surface area contributed by atoms with Gasteiger partial charge in [-0.25, -0.2) is 0 Å². The normalized spacial score (nSPS) is 17.7. The highest BCUT2D eigenvalue weighted by molar-refractivity contribution is 5.87. The third kappa shape index (κ3) is 6.96. The van der Waals surface area contributed by atoms with Crippen LogP contribution in [0, 0.1) is 5.92 Å². The van der Waals surface area contributed by atoms with Crippen LogP contribution in [0.2, 0.25) is 0 Å². The van der Waals surface area contributed by atoms with Gasteiger partial charge in [0.2, 0.25) is 5.91 Å². The average Bonchev–Trinajstić information content (AvgIpc) is 2.74. The Kier molecular flexibility index (Phi) is 10.8. The van der Waals surface area contributed by atoms with Crippen molar-refractivity contribution in [3.05, 3.63) is 71.8 Å². The number of likely N-dealkylation sites (tertiary alicyclic amines) is 1. The maximum atomic E-state index is 12.6. The first-order chi connectivity index (χ1) is 13.5. The number of aliphatic hydroxyl groups excluding tert-OH is 1. The highest BCUT2D eigenvalue weighted by Crippen LogP contribution is 2.21. The van der Waals surface area contributed by atoms with Crippen LogP contribution in [0.15, 0.2) is 60.7 Å². The van der Waals surface area contributed by atoms with Crippen LogP contribution >= 0.6 is 24.8 Å². The van der Waals surface area contributed by atoms with E-state index in [9.17, 15) is 9.90 Å². The van der Waals surface area contributed by atoms with E-state index in [1.54, 1.807) is 6.92 Å². The van der Waals surface area contributed by atoms with E-state index in [0.717, 1.165) is 37.1 Å². The SMILES string of the molecule is CC(N)(C(=O)NCC1CCN(CC(O)c2ccccc2)CC1)c1ccccc1.Cl.Cl. The molecule has 1 amide bonds. The van der Waals surface area contributed by atoms with Crippen molar-refractivity contribution < 1.29 is 9.90 Å². The Hall–Kier alpha value is -1.63. The van der Waals surface area contributed by atoms with Crippen molar-refractivity contribution in [2.45, 2.75) is 31.4 Å². The van der Waals surface area contributed by atoms with E-state index >= 15 is 0 Å². The van der Waals surface area contributed by atoms with Crippen LogP contribution in [-0.4, -0.2) is 42.1 Å². The van der Waals surface area contributed by atoms with Crippen LogP contribution in [0.3, 0.4) is 0 Å². The smallest absolute Gasteiger partial charge is 0.244 e. The van der Waals surface area contributed by atoms with Crippen LogP contribution in [-0.2, 0) is 10.3 Å². The summed E-state index contributed by atoms with van der Waals surface area (Å²) in [5.41, 5.74) is 7.03. The Balaban J connectivity index is 0.00000225.